The summed E-state index contributed by atoms with van der Waals surface area (Å²) >= 11 is 0. The Morgan fingerprint density at radius 2 is 2.27 bits per heavy atom. The lowest BCUT2D eigenvalue weighted by Crippen LogP contribution is -2.28. The summed E-state index contributed by atoms with van der Waals surface area (Å²) in [5.41, 5.74) is 0.185. The lowest BCUT2D eigenvalue weighted by atomic mass is 10.2. The summed E-state index contributed by atoms with van der Waals surface area (Å²) in [6, 6.07) is 1.12. The van der Waals surface area contributed by atoms with E-state index < -0.39 is 5.82 Å². The molecule has 4 nitrogen and oxygen atoms in total. The van der Waals surface area contributed by atoms with Crippen LogP contribution in [0, 0.1) is 5.82 Å². The van der Waals surface area contributed by atoms with E-state index in [0.717, 1.165) is 12.3 Å². The number of aromatic nitrogens is 1. The zero-order chi connectivity index (χ0) is 10.8. The molecule has 0 aromatic carbocycles. The number of carbonyl (C=O) groups is 2. The SMILES string of the molecule is O=C1CCN(C(=O)c2cncc(F)c2)C1. The predicted molar refractivity (Wildman–Crippen MR) is 49.7 cm³/mol. The Labute approximate surface area is 85.7 Å². The maximum atomic E-state index is 12.8. The number of amides is 1. The number of likely N-dealkylation sites (tertiary alicyclic amines) is 1. The largest absolute Gasteiger partial charge is 0.331 e. The molecule has 1 fully saturated rings. The first kappa shape index (κ1) is 9.76. The van der Waals surface area contributed by atoms with E-state index in [1.165, 1.54) is 11.1 Å². The fourth-order valence-corrected chi connectivity index (χ4v) is 1.52. The molecular weight excluding hydrogens is 199 g/mol. The number of nitrogens with zero attached hydrogens (tertiary/aromatic N) is 2. The van der Waals surface area contributed by atoms with Crippen molar-refractivity contribution >= 4 is 11.7 Å². The Balaban J connectivity index is 2.17. The predicted octanol–water partition coefficient (Wildman–Crippen LogP) is 0.636. The van der Waals surface area contributed by atoms with Crippen molar-refractivity contribution in [1.82, 2.24) is 9.88 Å². The molecule has 0 atom stereocenters. The minimum atomic E-state index is -0.550. The summed E-state index contributed by atoms with van der Waals surface area (Å²) in [6.07, 6.45) is 2.72. The van der Waals surface area contributed by atoms with Crippen LogP contribution in [0.4, 0.5) is 4.39 Å². The summed E-state index contributed by atoms with van der Waals surface area (Å²) < 4.78 is 12.8. The van der Waals surface area contributed by atoms with E-state index in [9.17, 15) is 14.0 Å². The monoisotopic (exact) mass is 208 g/mol. The van der Waals surface area contributed by atoms with Crippen molar-refractivity contribution in [2.24, 2.45) is 0 Å². The molecule has 1 amide bonds. The van der Waals surface area contributed by atoms with Gasteiger partial charge in [0.2, 0.25) is 0 Å². The zero-order valence-corrected chi connectivity index (χ0v) is 7.94. The molecular formula is C10H9FN2O2. The summed E-state index contributed by atoms with van der Waals surface area (Å²) in [5, 5.41) is 0. The molecule has 1 saturated heterocycles. The van der Waals surface area contributed by atoms with E-state index in [2.05, 4.69) is 4.98 Å². The van der Waals surface area contributed by atoms with Crippen LogP contribution in [0.2, 0.25) is 0 Å². The van der Waals surface area contributed by atoms with E-state index in [0.29, 0.717) is 13.0 Å². The van der Waals surface area contributed by atoms with Crippen LogP contribution in [-0.4, -0.2) is 34.7 Å². The van der Waals surface area contributed by atoms with Gasteiger partial charge in [-0.05, 0) is 6.07 Å². The second-order valence-corrected chi connectivity index (χ2v) is 3.41. The van der Waals surface area contributed by atoms with Crippen molar-refractivity contribution in [3.63, 3.8) is 0 Å². The van der Waals surface area contributed by atoms with Crippen LogP contribution >= 0.6 is 0 Å². The lowest BCUT2D eigenvalue weighted by molar-refractivity contribution is -0.116. The minimum Gasteiger partial charge on any atom is -0.331 e. The van der Waals surface area contributed by atoms with Crippen LogP contribution in [0.25, 0.3) is 0 Å². The van der Waals surface area contributed by atoms with Gasteiger partial charge in [0, 0.05) is 19.2 Å². The first-order valence-corrected chi connectivity index (χ1v) is 4.58. The first-order valence-electron chi connectivity index (χ1n) is 4.58. The third-order valence-corrected chi connectivity index (χ3v) is 2.27. The van der Waals surface area contributed by atoms with Gasteiger partial charge in [0.15, 0.2) is 5.78 Å². The second kappa shape index (κ2) is 3.76. The maximum Gasteiger partial charge on any atom is 0.255 e. The van der Waals surface area contributed by atoms with Crippen molar-refractivity contribution in [3.8, 4) is 0 Å². The van der Waals surface area contributed by atoms with Gasteiger partial charge in [-0.1, -0.05) is 0 Å². The molecule has 5 heteroatoms. The number of pyridine rings is 1. The summed E-state index contributed by atoms with van der Waals surface area (Å²) in [7, 11) is 0. The Morgan fingerprint density at radius 1 is 1.47 bits per heavy atom. The van der Waals surface area contributed by atoms with Gasteiger partial charge in [-0.25, -0.2) is 4.39 Å². The Bertz CT molecular complexity index is 420. The molecule has 1 aliphatic rings. The van der Waals surface area contributed by atoms with E-state index in [-0.39, 0.29) is 23.8 Å². The minimum absolute atomic E-state index is 0.0349. The van der Waals surface area contributed by atoms with Gasteiger partial charge in [0.1, 0.15) is 5.82 Å². The van der Waals surface area contributed by atoms with E-state index in [4.69, 9.17) is 0 Å². The van der Waals surface area contributed by atoms with Crippen LogP contribution in [0.3, 0.4) is 0 Å². The van der Waals surface area contributed by atoms with Crippen molar-refractivity contribution in [2.75, 3.05) is 13.1 Å². The number of carbonyl (C=O) groups excluding carboxylic acids is 2. The summed E-state index contributed by atoms with van der Waals surface area (Å²) in [6.45, 7) is 0.531. The highest BCUT2D eigenvalue weighted by atomic mass is 19.1. The fourth-order valence-electron chi connectivity index (χ4n) is 1.52. The zero-order valence-electron chi connectivity index (χ0n) is 7.94. The van der Waals surface area contributed by atoms with E-state index in [1.807, 2.05) is 0 Å². The van der Waals surface area contributed by atoms with Gasteiger partial charge >= 0.3 is 0 Å². The highest BCUT2D eigenvalue weighted by Crippen LogP contribution is 2.10. The standard InChI is InChI=1S/C10H9FN2O2/c11-8-3-7(4-12-5-8)10(15)13-2-1-9(14)6-13/h3-5H,1-2,6H2. The molecule has 15 heavy (non-hydrogen) atoms. The molecule has 1 aromatic rings. The molecule has 2 heterocycles. The average Bonchev–Trinajstić information content (AvgIpc) is 2.64. The number of halogens is 1. The second-order valence-electron chi connectivity index (χ2n) is 3.41. The van der Waals surface area contributed by atoms with Crippen molar-refractivity contribution in [1.29, 1.82) is 0 Å². The van der Waals surface area contributed by atoms with E-state index >= 15 is 0 Å². The average molecular weight is 208 g/mol. The summed E-state index contributed by atoms with van der Waals surface area (Å²) in [4.78, 5) is 27.7. The van der Waals surface area contributed by atoms with Crippen LogP contribution in [0.5, 0.6) is 0 Å². The van der Waals surface area contributed by atoms with Crippen molar-refractivity contribution in [3.05, 3.63) is 29.8 Å². The molecule has 0 N–H and O–H groups in total. The first-order chi connectivity index (χ1) is 7.16. The number of hydrogen-bond acceptors (Lipinski definition) is 3. The molecule has 1 aromatic heterocycles. The molecule has 0 bridgehead atoms. The maximum absolute atomic E-state index is 12.8. The van der Waals surface area contributed by atoms with Gasteiger partial charge in [0.05, 0.1) is 18.3 Å². The van der Waals surface area contributed by atoms with Gasteiger partial charge in [-0.3, -0.25) is 14.6 Å². The van der Waals surface area contributed by atoms with Gasteiger partial charge in [0.25, 0.3) is 5.91 Å². The molecule has 2 rings (SSSR count). The Hall–Kier alpha value is -1.78. The van der Waals surface area contributed by atoms with Crippen LogP contribution in [-0.2, 0) is 4.79 Å². The van der Waals surface area contributed by atoms with Gasteiger partial charge in [-0.2, -0.15) is 0 Å². The Morgan fingerprint density at radius 3 is 2.87 bits per heavy atom. The Kier molecular flexibility index (Phi) is 2.45. The van der Waals surface area contributed by atoms with Crippen LogP contribution in [0.1, 0.15) is 16.8 Å². The number of ketones is 1. The number of rotatable bonds is 1. The molecule has 0 saturated carbocycles. The fraction of sp³-hybridized carbons (Fsp3) is 0.300. The van der Waals surface area contributed by atoms with Crippen LogP contribution < -0.4 is 0 Å². The molecule has 0 spiro atoms. The molecule has 1 aliphatic heterocycles. The normalized spacial score (nSPS) is 15.8. The quantitative estimate of drug-likeness (QED) is 0.680. The van der Waals surface area contributed by atoms with Crippen molar-refractivity contribution in [2.45, 2.75) is 6.42 Å². The third-order valence-electron chi connectivity index (χ3n) is 2.27. The topological polar surface area (TPSA) is 50.3 Å². The highest BCUT2D eigenvalue weighted by molar-refractivity contribution is 5.98. The number of hydrogen-bond donors (Lipinski definition) is 0. The molecule has 0 radical (unpaired) electrons. The summed E-state index contributed by atoms with van der Waals surface area (Å²) in [5.74, 6) is -0.855. The van der Waals surface area contributed by atoms with Crippen LogP contribution in [0.15, 0.2) is 18.5 Å². The highest BCUT2D eigenvalue weighted by Gasteiger charge is 2.25. The van der Waals surface area contributed by atoms with Crippen molar-refractivity contribution < 1.29 is 14.0 Å². The number of Topliss-reactive ketones (excluding diaryl/α,β-unsaturated/α-hetero) is 1. The molecule has 0 aliphatic carbocycles. The molecule has 0 unspecified atom stereocenters. The lowest BCUT2D eigenvalue weighted by Gasteiger charge is -2.13. The van der Waals surface area contributed by atoms with Gasteiger partial charge < -0.3 is 4.90 Å². The molecule has 78 valence electrons. The van der Waals surface area contributed by atoms with E-state index in [1.54, 1.807) is 0 Å². The third kappa shape index (κ3) is 2.01. The smallest absolute Gasteiger partial charge is 0.255 e. The van der Waals surface area contributed by atoms with Gasteiger partial charge in [-0.15, -0.1) is 0 Å².